The van der Waals surface area contributed by atoms with Crippen LogP contribution in [0.1, 0.15) is 13.3 Å². The number of nitrogens with zero attached hydrogens (tertiary/aromatic N) is 2. The van der Waals surface area contributed by atoms with E-state index in [1.165, 1.54) is 13.1 Å². The maximum atomic E-state index is 11.0. The number of nitriles is 2. The summed E-state index contributed by atoms with van der Waals surface area (Å²) < 4.78 is 4.66. The normalized spacial score (nSPS) is 9.62. The Kier molecular flexibility index (Phi) is 5.65. The first kappa shape index (κ1) is 11.0. The molecule has 0 aliphatic carbocycles. The van der Waals surface area contributed by atoms with Crippen LogP contribution in [0, 0.1) is 22.8 Å². The number of esters is 1. The number of nitrogens with one attached hydrogen (secondary N) is 1. The molecule has 13 heavy (non-hydrogen) atoms. The smallest absolute Gasteiger partial charge is 0.335 e. The summed E-state index contributed by atoms with van der Waals surface area (Å²) in [6.07, 6.45) is 3.05. The molecule has 68 valence electrons. The van der Waals surface area contributed by atoms with Crippen molar-refractivity contribution >= 4 is 5.97 Å². The number of hydrogen-bond donors (Lipinski definition) is 1. The average molecular weight is 179 g/mol. The van der Waals surface area contributed by atoms with Crippen LogP contribution < -0.4 is 5.32 Å². The van der Waals surface area contributed by atoms with Crippen LogP contribution in [0.5, 0.6) is 0 Å². The molecule has 0 bridgehead atoms. The van der Waals surface area contributed by atoms with Gasteiger partial charge >= 0.3 is 5.97 Å². The molecule has 5 nitrogen and oxygen atoms in total. The molecule has 5 heteroatoms. The molecule has 0 radical (unpaired) electrons. The van der Waals surface area contributed by atoms with Gasteiger partial charge in [-0.05, 0) is 6.92 Å². The zero-order valence-electron chi connectivity index (χ0n) is 7.20. The van der Waals surface area contributed by atoms with Gasteiger partial charge in [0.2, 0.25) is 0 Å². The minimum Gasteiger partial charge on any atom is -0.461 e. The molecule has 0 aliphatic heterocycles. The van der Waals surface area contributed by atoms with Crippen molar-refractivity contribution in [3.05, 3.63) is 11.8 Å². The summed E-state index contributed by atoms with van der Waals surface area (Å²) in [4.78, 5) is 11.0. The lowest BCUT2D eigenvalue weighted by molar-refractivity contribution is -0.138. The lowest BCUT2D eigenvalue weighted by Crippen LogP contribution is -2.09. The van der Waals surface area contributed by atoms with Crippen molar-refractivity contribution in [2.45, 2.75) is 13.3 Å². The lowest BCUT2D eigenvalue weighted by atomic mass is 10.3. The number of carbonyl (C=O) groups excluding carboxylic acids is 1. The molecule has 0 spiro atoms. The number of ether oxygens (including phenoxy) is 1. The van der Waals surface area contributed by atoms with E-state index in [1.54, 1.807) is 6.19 Å². The Morgan fingerprint density at radius 2 is 2.31 bits per heavy atom. The van der Waals surface area contributed by atoms with E-state index in [1.807, 2.05) is 6.07 Å². The molecule has 0 aliphatic rings. The summed E-state index contributed by atoms with van der Waals surface area (Å²) in [5, 5.41) is 18.5. The Labute approximate surface area is 76.2 Å². The van der Waals surface area contributed by atoms with Crippen LogP contribution in [-0.2, 0) is 9.53 Å². The first-order valence-electron chi connectivity index (χ1n) is 3.58. The maximum absolute atomic E-state index is 11.0. The van der Waals surface area contributed by atoms with Crippen molar-refractivity contribution in [2.75, 3.05) is 6.61 Å². The van der Waals surface area contributed by atoms with Gasteiger partial charge in [0.25, 0.3) is 0 Å². The Balaban J connectivity index is 3.85. The number of hydrogen-bond acceptors (Lipinski definition) is 5. The summed E-state index contributed by atoms with van der Waals surface area (Å²) in [6, 6.07) is 1.84. The SMILES string of the molecule is CC(=CNC#N)C(=O)OCCC#N. The molecule has 0 aromatic heterocycles. The Morgan fingerprint density at radius 1 is 1.62 bits per heavy atom. The van der Waals surface area contributed by atoms with Gasteiger partial charge in [0.05, 0.1) is 18.1 Å². The van der Waals surface area contributed by atoms with Crippen molar-refractivity contribution in [3.8, 4) is 12.3 Å². The van der Waals surface area contributed by atoms with Crippen molar-refractivity contribution < 1.29 is 9.53 Å². The molecule has 0 fully saturated rings. The quantitative estimate of drug-likeness (QED) is 0.222. The minimum atomic E-state index is -0.530. The predicted octanol–water partition coefficient (Wildman–Crippen LogP) is 0.418. The summed E-state index contributed by atoms with van der Waals surface area (Å²) in [5.41, 5.74) is 0.291. The second kappa shape index (κ2) is 6.68. The van der Waals surface area contributed by atoms with Gasteiger partial charge in [0.1, 0.15) is 6.61 Å². The van der Waals surface area contributed by atoms with E-state index in [-0.39, 0.29) is 13.0 Å². The maximum Gasteiger partial charge on any atom is 0.335 e. The molecule has 0 amide bonds. The van der Waals surface area contributed by atoms with E-state index in [0.29, 0.717) is 5.57 Å². The summed E-state index contributed by atoms with van der Waals surface area (Å²) >= 11 is 0. The summed E-state index contributed by atoms with van der Waals surface area (Å²) in [6.45, 7) is 1.59. The van der Waals surface area contributed by atoms with Crippen molar-refractivity contribution in [2.24, 2.45) is 0 Å². The Bertz CT molecular complexity index is 283. The summed E-state index contributed by atoms with van der Waals surface area (Å²) in [5.74, 6) is -0.530. The van der Waals surface area contributed by atoms with E-state index in [9.17, 15) is 4.79 Å². The van der Waals surface area contributed by atoms with Gasteiger partial charge in [-0.25, -0.2) is 4.79 Å². The third-order valence-corrected chi connectivity index (χ3v) is 1.12. The predicted molar refractivity (Wildman–Crippen MR) is 43.7 cm³/mol. The van der Waals surface area contributed by atoms with E-state index in [2.05, 4.69) is 10.1 Å². The van der Waals surface area contributed by atoms with Crippen LogP contribution in [0.2, 0.25) is 0 Å². The molecule has 0 saturated heterocycles. The van der Waals surface area contributed by atoms with Crippen molar-refractivity contribution in [1.29, 1.82) is 10.5 Å². The average Bonchev–Trinajstić information content (AvgIpc) is 2.14. The molecular weight excluding hydrogens is 170 g/mol. The fourth-order valence-electron chi connectivity index (χ4n) is 0.503. The number of rotatable bonds is 4. The largest absolute Gasteiger partial charge is 0.461 e. The van der Waals surface area contributed by atoms with Gasteiger partial charge in [-0.1, -0.05) is 0 Å². The first-order valence-corrected chi connectivity index (χ1v) is 3.58. The van der Waals surface area contributed by atoms with E-state index >= 15 is 0 Å². The standard InChI is InChI=1S/C8H9N3O2/c1-7(5-11-6-10)8(12)13-4-2-3-9/h5,11H,2,4H2,1H3. The highest BCUT2D eigenvalue weighted by molar-refractivity contribution is 5.87. The fraction of sp³-hybridized carbons (Fsp3) is 0.375. The molecule has 0 aromatic rings. The van der Waals surface area contributed by atoms with E-state index < -0.39 is 5.97 Å². The molecular formula is C8H9N3O2. The fourth-order valence-corrected chi connectivity index (χ4v) is 0.503. The molecule has 0 saturated carbocycles. The van der Waals surface area contributed by atoms with E-state index in [4.69, 9.17) is 10.5 Å². The Hall–Kier alpha value is -2.01. The van der Waals surface area contributed by atoms with Crippen molar-refractivity contribution in [1.82, 2.24) is 5.32 Å². The highest BCUT2D eigenvalue weighted by Crippen LogP contribution is 1.95. The van der Waals surface area contributed by atoms with Gasteiger partial charge in [0.15, 0.2) is 6.19 Å². The van der Waals surface area contributed by atoms with Crippen LogP contribution in [0.4, 0.5) is 0 Å². The zero-order chi connectivity index (χ0) is 10.1. The van der Waals surface area contributed by atoms with E-state index in [0.717, 1.165) is 0 Å². The van der Waals surface area contributed by atoms with Crippen LogP contribution in [0.15, 0.2) is 11.8 Å². The highest BCUT2D eigenvalue weighted by atomic mass is 16.5. The second-order valence-corrected chi connectivity index (χ2v) is 2.13. The first-order chi connectivity index (χ1) is 6.22. The van der Waals surface area contributed by atoms with Gasteiger partial charge in [-0.2, -0.15) is 10.5 Å². The van der Waals surface area contributed by atoms with Gasteiger partial charge < -0.3 is 4.74 Å². The topological polar surface area (TPSA) is 85.9 Å². The third-order valence-electron chi connectivity index (χ3n) is 1.12. The monoisotopic (exact) mass is 179 g/mol. The Morgan fingerprint density at radius 3 is 2.85 bits per heavy atom. The van der Waals surface area contributed by atoms with Crippen LogP contribution in [0.3, 0.4) is 0 Å². The molecule has 0 aromatic carbocycles. The minimum absolute atomic E-state index is 0.0765. The molecule has 0 atom stereocenters. The lowest BCUT2D eigenvalue weighted by Gasteiger charge is -2.00. The van der Waals surface area contributed by atoms with Crippen LogP contribution >= 0.6 is 0 Å². The van der Waals surface area contributed by atoms with Crippen molar-refractivity contribution in [3.63, 3.8) is 0 Å². The van der Waals surface area contributed by atoms with Gasteiger partial charge in [0, 0.05) is 6.20 Å². The summed E-state index contributed by atoms with van der Waals surface area (Å²) in [7, 11) is 0. The second-order valence-electron chi connectivity index (χ2n) is 2.13. The highest BCUT2D eigenvalue weighted by Gasteiger charge is 2.03. The van der Waals surface area contributed by atoms with Crippen LogP contribution in [-0.4, -0.2) is 12.6 Å². The zero-order valence-corrected chi connectivity index (χ0v) is 7.20. The molecule has 0 unspecified atom stereocenters. The number of carbonyl (C=O) groups is 1. The van der Waals surface area contributed by atoms with Crippen LogP contribution in [0.25, 0.3) is 0 Å². The molecule has 0 rings (SSSR count). The van der Waals surface area contributed by atoms with Gasteiger partial charge in [-0.15, -0.1) is 0 Å². The molecule has 1 N–H and O–H groups in total. The van der Waals surface area contributed by atoms with Gasteiger partial charge in [-0.3, -0.25) is 5.32 Å². The third kappa shape index (κ3) is 5.28. The molecule has 0 heterocycles.